The van der Waals surface area contributed by atoms with Crippen LogP contribution in [0.2, 0.25) is 0 Å². The first-order valence-corrected chi connectivity index (χ1v) is 5.21. The highest BCUT2D eigenvalue weighted by Crippen LogP contribution is 2.12. The summed E-state index contributed by atoms with van der Waals surface area (Å²) in [5, 5.41) is 2.75. The minimum absolute atomic E-state index is 0.0538. The van der Waals surface area contributed by atoms with E-state index in [9.17, 15) is 4.79 Å². The Kier molecular flexibility index (Phi) is 7.80. The van der Waals surface area contributed by atoms with E-state index in [0.29, 0.717) is 5.92 Å². The van der Waals surface area contributed by atoms with E-state index in [2.05, 4.69) is 18.8 Å². The van der Waals surface area contributed by atoms with Gasteiger partial charge in [0.15, 0.2) is 0 Å². The molecule has 0 aliphatic heterocycles. The molecule has 0 aromatic rings. The number of hydrogen-bond donors (Lipinski definition) is 1. The SMILES string of the molecule is C=CCC(CC)CCNC(=O)CCl. The average molecular weight is 204 g/mol. The van der Waals surface area contributed by atoms with Crippen LogP contribution in [0.5, 0.6) is 0 Å². The fourth-order valence-corrected chi connectivity index (χ4v) is 1.28. The number of allylic oxidation sites excluding steroid dienone is 1. The summed E-state index contributed by atoms with van der Waals surface area (Å²) in [5.74, 6) is 0.598. The van der Waals surface area contributed by atoms with Gasteiger partial charge in [-0.3, -0.25) is 4.79 Å². The highest BCUT2D eigenvalue weighted by Gasteiger charge is 2.04. The highest BCUT2D eigenvalue weighted by atomic mass is 35.5. The Morgan fingerprint density at radius 2 is 2.38 bits per heavy atom. The van der Waals surface area contributed by atoms with Gasteiger partial charge in [-0.15, -0.1) is 18.2 Å². The lowest BCUT2D eigenvalue weighted by Gasteiger charge is -2.12. The van der Waals surface area contributed by atoms with Crippen LogP contribution in [-0.2, 0) is 4.79 Å². The van der Waals surface area contributed by atoms with E-state index in [0.717, 1.165) is 25.8 Å². The Hall–Kier alpha value is -0.500. The number of amides is 1. The normalized spacial score (nSPS) is 12.2. The smallest absolute Gasteiger partial charge is 0.234 e. The standard InChI is InChI=1S/C10H18ClNO/c1-3-5-9(4-2)6-7-12-10(13)8-11/h3,9H,1,4-8H2,2H3,(H,12,13). The van der Waals surface area contributed by atoms with Gasteiger partial charge in [0.2, 0.25) is 5.91 Å². The van der Waals surface area contributed by atoms with Crippen molar-refractivity contribution in [3.63, 3.8) is 0 Å². The molecule has 1 N–H and O–H groups in total. The van der Waals surface area contributed by atoms with Gasteiger partial charge in [-0.05, 0) is 18.8 Å². The topological polar surface area (TPSA) is 29.1 Å². The third kappa shape index (κ3) is 6.64. The molecule has 13 heavy (non-hydrogen) atoms. The number of rotatable bonds is 7. The molecule has 2 nitrogen and oxygen atoms in total. The molecule has 0 bridgehead atoms. The lowest BCUT2D eigenvalue weighted by atomic mass is 9.99. The van der Waals surface area contributed by atoms with Gasteiger partial charge in [0.25, 0.3) is 0 Å². The minimum Gasteiger partial charge on any atom is -0.355 e. The Balaban J connectivity index is 3.48. The molecule has 1 unspecified atom stereocenters. The molecule has 0 fully saturated rings. The third-order valence-corrected chi connectivity index (χ3v) is 2.32. The van der Waals surface area contributed by atoms with Crippen LogP contribution in [0, 0.1) is 5.92 Å². The van der Waals surface area contributed by atoms with E-state index < -0.39 is 0 Å². The summed E-state index contributed by atoms with van der Waals surface area (Å²) in [6.45, 7) is 6.57. The summed E-state index contributed by atoms with van der Waals surface area (Å²) >= 11 is 5.33. The summed E-state index contributed by atoms with van der Waals surface area (Å²) in [6.07, 6.45) is 5.08. The van der Waals surface area contributed by atoms with Gasteiger partial charge in [-0.1, -0.05) is 19.4 Å². The zero-order chi connectivity index (χ0) is 10.1. The van der Waals surface area contributed by atoms with Crippen molar-refractivity contribution in [1.82, 2.24) is 5.32 Å². The van der Waals surface area contributed by atoms with Crippen molar-refractivity contribution in [1.29, 1.82) is 0 Å². The molecule has 0 saturated carbocycles. The molecule has 0 spiro atoms. The number of hydrogen-bond acceptors (Lipinski definition) is 1. The van der Waals surface area contributed by atoms with E-state index in [1.807, 2.05) is 6.08 Å². The van der Waals surface area contributed by atoms with Crippen LogP contribution in [0.3, 0.4) is 0 Å². The number of halogens is 1. The molecular weight excluding hydrogens is 186 g/mol. The maximum atomic E-state index is 10.8. The van der Waals surface area contributed by atoms with E-state index in [4.69, 9.17) is 11.6 Å². The molecule has 0 saturated heterocycles. The van der Waals surface area contributed by atoms with Crippen molar-refractivity contribution in [2.75, 3.05) is 12.4 Å². The maximum Gasteiger partial charge on any atom is 0.234 e. The largest absolute Gasteiger partial charge is 0.355 e. The first-order valence-electron chi connectivity index (χ1n) is 4.68. The van der Waals surface area contributed by atoms with E-state index in [-0.39, 0.29) is 11.8 Å². The predicted molar refractivity (Wildman–Crippen MR) is 56.9 cm³/mol. The van der Waals surface area contributed by atoms with Gasteiger partial charge in [0, 0.05) is 6.54 Å². The Morgan fingerprint density at radius 1 is 1.69 bits per heavy atom. The van der Waals surface area contributed by atoms with E-state index >= 15 is 0 Å². The quantitative estimate of drug-likeness (QED) is 0.500. The summed E-state index contributed by atoms with van der Waals surface area (Å²) < 4.78 is 0. The second-order valence-electron chi connectivity index (χ2n) is 3.07. The Labute approximate surface area is 85.3 Å². The lowest BCUT2D eigenvalue weighted by Crippen LogP contribution is -2.26. The van der Waals surface area contributed by atoms with Crippen molar-refractivity contribution < 1.29 is 4.79 Å². The van der Waals surface area contributed by atoms with Crippen LogP contribution in [0.25, 0.3) is 0 Å². The zero-order valence-electron chi connectivity index (χ0n) is 8.18. The number of carbonyl (C=O) groups excluding carboxylic acids is 1. The molecule has 76 valence electrons. The molecule has 1 atom stereocenters. The van der Waals surface area contributed by atoms with Gasteiger partial charge in [-0.2, -0.15) is 0 Å². The molecule has 0 aromatic carbocycles. The van der Waals surface area contributed by atoms with Gasteiger partial charge >= 0.3 is 0 Å². The fourth-order valence-electron chi connectivity index (χ4n) is 1.19. The molecule has 0 radical (unpaired) electrons. The van der Waals surface area contributed by atoms with Gasteiger partial charge in [0.05, 0.1) is 0 Å². The summed E-state index contributed by atoms with van der Waals surface area (Å²) in [5.41, 5.74) is 0. The van der Waals surface area contributed by atoms with Crippen molar-refractivity contribution >= 4 is 17.5 Å². The highest BCUT2D eigenvalue weighted by molar-refractivity contribution is 6.27. The molecule has 3 heteroatoms. The van der Waals surface area contributed by atoms with Crippen LogP contribution < -0.4 is 5.32 Å². The van der Waals surface area contributed by atoms with Crippen LogP contribution in [0.4, 0.5) is 0 Å². The lowest BCUT2D eigenvalue weighted by molar-refractivity contribution is -0.118. The van der Waals surface area contributed by atoms with Crippen LogP contribution >= 0.6 is 11.6 Å². The zero-order valence-corrected chi connectivity index (χ0v) is 8.94. The first kappa shape index (κ1) is 12.5. The van der Waals surface area contributed by atoms with Gasteiger partial charge < -0.3 is 5.32 Å². The average Bonchev–Trinajstić information content (AvgIpc) is 2.16. The van der Waals surface area contributed by atoms with E-state index in [1.165, 1.54) is 0 Å². The maximum absolute atomic E-state index is 10.8. The second kappa shape index (κ2) is 8.11. The monoisotopic (exact) mass is 203 g/mol. The molecular formula is C10H18ClNO. The summed E-state index contributed by atoms with van der Waals surface area (Å²) in [7, 11) is 0. The molecule has 0 rings (SSSR count). The van der Waals surface area contributed by atoms with Crippen molar-refractivity contribution in [3.05, 3.63) is 12.7 Å². The third-order valence-electron chi connectivity index (χ3n) is 2.07. The predicted octanol–water partition coefficient (Wildman–Crippen LogP) is 2.33. The van der Waals surface area contributed by atoms with Crippen molar-refractivity contribution in [2.45, 2.75) is 26.2 Å². The second-order valence-corrected chi connectivity index (χ2v) is 3.34. The molecule has 0 aliphatic rings. The number of alkyl halides is 1. The first-order chi connectivity index (χ1) is 6.24. The van der Waals surface area contributed by atoms with Gasteiger partial charge in [0.1, 0.15) is 5.88 Å². The minimum atomic E-state index is -0.0878. The molecule has 0 heterocycles. The Morgan fingerprint density at radius 3 is 2.85 bits per heavy atom. The number of carbonyl (C=O) groups is 1. The number of nitrogens with one attached hydrogen (secondary N) is 1. The van der Waals surface area contributed by atoms with Crippen LogP contribution in [0.15, 0.2) is 12.7 Å². The van der Waals surface area contributed by atoms with E-state index in [1.54, 1.807) is 0 Å². The molecule has 0 aliphatic carbocycles. The van der Waals surface area contributed by atoms with Crippen LogP contribution in [-0.4, -0.2) is 18.3 Å². The van der Waals surface area contributed by atoms with Crippen molar-refractivity contribution in [3.8, 4) is 0 Å². The van der Waals surface area contributed by atoms with Gasteiger partial charge in [-0.25, -0.2) is 0 Å². The summed E-state index contributed by atoms with van der Waals surface area (Å²) in [4.78, 5) is 10.8. The Bertz CT molecular complexity index is 159. The molecule has 0 aromatic heterocycles. The fraction of sp³-hybridized carbons (Fsp3) is 0.700. The van der Waals surface area contributed by atoms with Crippen LogP contribution in [0.1, 0.15) is 26.2 Å². The van der Waals surface area contributed by atoms with Crippen molar-refractivity contribution in [2.24, 2.45) is 5.92 Å². The summed E-state index contributed by atoms with van der Waals surface area (Å²) in [6, 6.07) is 0. The molecule has 1 amide bonds.